The van der Waals surface area contributed by atoms with Crippen LogP contribution in [0.2, 0.25) is 0 Å². The number of ether oxygens (including phenoxy) is 2. The van der Waals surface area contributed by atoms with Crippen molar-refractivity contribution < 1.29 is 14.3 Å². The average Bonchev–Trinajstić information content (AvgIpc) is 3.14. The standard InChI is InChI=1S/C17H27N3O3/c1-5-12-10-14(19(2)18-12)16(21)20-9-8-17(23-4)7-6-13(22-3)11-15(17)20/h10,13,15H,5-9,11H2,1-4H3/t13-,15+,17-/m1/s1. The van der Waals surface area contributed by atoms with Crippen molar-refractivity contribution in [2.45, 2.75) is 56.8 Å². The minimum Gasteiger partial charge on any atom is -0.381 e. The highest BCUT2D eigenvalue weighted by Gasteiger charge is 2.52. The van der Waals surface area contributed by atoms with Crippen LogP contribution in [0.25, 0.3) is 0 Å². The maximum absolute atomic E-state index is 13.1. The monoisotopic (exact) mass is 321 g/mol. The minimum absolute atomic E-state index is 0.0559. The largest absolute Gasteiger partial charge is 0.381 e. The molecule has 2 fully saturated rings. The Bertz CT molecular complexity index is 586. The first-order valence-corrected chi connectivity index (χ1v) is 8.46. The fourth-order valence-corrected chi connectivity index (χ4v) is 4.17. The molecule has 3 rings (SSSR count). The molecule has 1 aliphatic heterocycles. The van der Waals surface area contributed by atoms with Crippen molar-refractivity contribution in [2.24, 2.45) is 7.05 Å². The maximum atomic E-state index is 13.1. The number of aromatic nitrogens is 2. The van der Waals surface area contributed by atoms with Crippen LogP contribution in [-0.4, -0.2) is 59.1 Å². The highest BCUT2D eigenvalue weighted by atomic mass is 16.5. The van der Waals surface area contributed by atoms with E-state index >= 15 is 0 Å². The van der Waals surface area contributed by atoms with E-state index in [-0.39, 0.29) is 23.7 Å². The summed E-state index contributed by atoms with van der Waals surface area (Å²) in [6, 6.07) is 1.99. The molecule has 128 valence electrons. The van der Waals surface area contributed by atoms with Gasteiger partial charge in [-0.3, -0.25) is 9.48 Å². The molecule has 0 N–H and O–H groups in total. The van der Waals surface area contributed by atoms with Gasteiger partial charge in [0.1, 0.15) is 5.69 Å². The van der Waals surface area contributed by atoms with E-state index < -0.39 is 0 Å². The zero-order valence-electron chi connectivity index (χ0n) is 14.5. The molecule has 0 unspecified atom stereocenters. The number of hydrogen-bond donors (Lipinski definition) is 0. The van der Waals surface area contributed by atoms with Gasteiger partial charge in [0.15, 0.2) is 0 Å². The van der Waals surface area contributed by atoms with Crippen LogP contribution in [0.1, 0.15) is 48.8 Å². The molecule has 0 aromatic carbocycles. The Morgan fingerprint density at radius 1 is 1.43 bits per heavy atom. The normalized spacial score (nSPS) is 30.5. The van der Waals surface area contributed by atoms with Crippen molar-refractivity contribution in [1.82, 2.24) is 14.7 Å². The summed E-state index contributed by atoms with van der Waals surface area (Å²) < 4.78 is 13.2. The first kappa shape index (κ1) is 16.5. The molecule has 1 saturated heterocycles. The van der Waals surface area contributed by atoms with Crippen LogP contribution in [0.5, 0.6) is 0 Å². The molecular weight excluding hydrogens is 294 g/mol. The third-order valence-electron chi connectivity index (χ3n) is 5.65. The predicted octanol–water partition coefficient (Wildman–Crippen LogP) is 1.78. The molecule has 6 heteroatoms. The number of fused-ring (bicyclic) bond motifs is 1. The number of aryl methyl sites for hydroxylation is 2. The molecule has 2 heterocycles. The van der Waals surface area contributed by atoms with Crippen LogP contribution in [0.4, 0.5) is 0 Å². The van der Waals surface area contributed by atoms with E-state index in [1.807, 2.05) is 24.9 Å². The van der Waals surface area contributed by atoms with Gasteiger partial charge < -0.3 is 14.4 Å². The summed E-state index contributed by atoms with van der Waals surface area (Å²) in [6.07, 6.45) is 4.72. The predicted molar refractivity (Wildman–Crippen MR) is 86.4 cm³/mol. The number of hydrogen-bond acceptors (Lipinski definition) is 4. The summed E-state index contributed by atoms with van der Waals surface area (Å²) in [4.78, 5) is 15.1. The first-order valence-electron chi connectivity index (χ1n) is 8.46. The molecule has 23 heavy (non-hydrogen) atoms. The number of rotatable bonds is 4. The Balaban J connectivity index is 1.87. The van der Waals surface area contributed by atoms with Gasteiger partial charge in [-0.1, -0.05) is 6.92 Å². The third-order valence-corrected chi connectivity index (χ3v) is 5.65. The van der Waals surface area contributed by atoms with Crippen molar-refractivity contribution in [3.8, 4) is 0 Å². The Morgan fingerprint density at radius 2 is 2.22 bits per heavy atom. The Morgan fingerprint density at radius 3 is 2.83 bits per heavy atom. The van der Waals surface area contributed by atoms with Crippen LogP contribution in [0, 0.1) is 0 Å². The van der Waals surface area contributed by atoms with Gasteiger partial charge in [-0.2, -0.15) is 5.10 Å². The molecule has 0 bridgehead atoms. The molecule has 1 aromatic heterocycles. The molecule has 2 aliphatic rings. The summed E-state index contributed by atoms with van der Waals surface area (Å²) in [7, 11) is 5.36. The van der Waals surface area contributed by atoms with Crippen LogP contribution < -0.4 is 0 Å². The molecule has 0 radical (unpaired) electrons. The topological polar surface area (TPSA) is 56.6 Å². The van der Waals surface area contributed by atoms with Gasteiger partial charge in [0.05, 0.1) is 23.4 Å². The van der Waals surface area contributed by atoms with Gasteiger partial charge in [-0.05, 0) is 38.2 Å². The number of likely N-dealkylation sites (tertiary alicyclic amines) is 1. The van der Waals surface area contributed by atoms with Gasteiger partial charge in [0.25, 0.3) is 5.91 Å². The van der Waals surface area contributed by atoms with Gasteiger partial charge in [-0.15, -0.1) is 0 Å². The average molecular weight is 321 g/mol. The van der Waals surface area contributed by atoms with Crippen molar-refractivity contribution in [2.75, 3.05) is 20.8 Å². The van der Waals surface area contributed by atoms with Crippen molar-refractivity contribution in [3.05, 3.63) is 17.5 Å². The Kier molecular flexibility index (Phi) is 4.47. The van der Waals surface area contributed by atoms with E-state index in [2.05, 4.69) is 5.10 Å². The fourth-order valence-electron chi connectivity index (χ4n) is 4.17. The fraction of sp³-hybridized carbons (Fsp3) is 0.765. The van der Waals surface area contributed by atoms with Crippen molar-refractivity contribution in [1.29, 1.82) is 0 Å². The SMILES string of the molecule is CCc1cc(C(=O)N2CC[C@]3(OC)CC[C@@H](OC)C[C@H]23)n(C)n1. The summed E-state index contributed by atoms with van der Waals surface area (Å²) in [5.41, 5.74) is 1.40. The molecular formula is C17H27N3O3. The highest BCUT2D eigenvalue weighted by Crippen LogP contribution is 2.43. The Labute approximate surface area is 137 Å². The number of methoxy groups -OCH3 is 2. The zero-order valence-corrected chi connectivity index (χ0v) is 14.5. The van der Waals surface area contributed by atoms with E-state index in [0.717, 1.165) is 44.3 Å². The van der Waals surface area contributed by atoms with Crippen molar-refractivity contribution in [3.63, 3.8) is 0 Å². The van der Waals surface area contributed by atoms with Crippen molar-refractivity contribution >= 4 is 5.91 Å². The molecule has 1 aliphatic carbocycles. The van der Waals surface area contributed by atoms with E-state index in [0.29, 0.717) is 5.69 Å². The minimum atomic E-state index is -0.211. The quantitative estimate of drug-likeness (QED) is 0.848. The number of amides is 1. The lowest BCUT2D eigenvalue weighted by atomic mass is 9.79. The van der Waals surface area contributed by atoms with Crippen LogP contribution in [0.15, 0.2) is 6.07 Å². The summed E-state index contributed by atoms with van der Waals surface area (Å²) in [6.45, 7) is 2.78. The highest BCUT2D eigenvalue weighted by molar-refractivity contribution is 5.93. The second kappa shape index (κ2) is 6.24. The number of carbonyl (C=O) groups is 1. The van der Waals surface area contributed by atoms with Crippen LogP contribution in [-0.2, 0) is 22.9 Å². The molecule has 0 spiro atoms. The van der Waals surface area contributed by atoms with Gasteiger partial charge in [0.2, 0.25) is 0 Å². The van der Waals surface area contributed by atoms with E-state index in [1.165, 1.54) is 0 Å². The van der Waals surface area contributed by atoms with Gasteiger partial charge in [0, 0.05) is 27.8 Å². The van der Waals surface area contributed by atoms with Gasteiger partial charge in [-0.25, -0.2) is 0 Å². The smallest absolute Gasteiger partial charge is 0.272 e. The molecule has 1 saturated carbocycles. The lowest BCUT2D eigenvalue weighted by Crippen LogP contribution is -2.53. The lowest BCUT2D eigenvalue weighted by Gasteiger charge is -2.43. The molecule has 3 atom stereocenters. The van der Waals surface area contributed by atoms with E-state index in [4.69, 9.17) is 9.47 Å². The summed E-state index contributed by atoms with van der Waals surface area (Å²) in [5, 5.41) is 4.41. The van der Waals surface area contributed by atoms with E-state index in [1.54, 1.807) is 18.9 Å². The number of carbonyl (C=O) groups excluding carboxylic acids is 1. The molecule has 6 nitrogen and oxygen atoms in total. The van der Waals surface area contributed by atoms with Gasteiger partial charge >= 0.3 is 0 Å². The first-order chi connectivity index (χ1) is 11.0. The van der Waals surface area contributed by atoms with Crippen LogP contribution in [0.3, 0.4) is 0 Å². The molecule has 1 aromatic rings. The summed E-state index contributed by atoms with van der Waals surface area (Å²) in [5.74, 6) is 0.0559. The molecule has 1 amide bonds. The second-order valence-corrected chi connectivity index (χ2v) is 6.66. The van der Waals surface area contributed by atoms with E-state index in [9.17, 15) is 4.79 Å². The Hall–Kier alpha value is -1.40. The number of nitrogens with zero attached hydrogens (tertiary/aromatic N) is 3. The zero-order chi connectivity index (χ0) is 16.6. The second-order valence-electron chi connectivity index (χ2n) is 6.66. The third kappa shape index (κ3) is 2.68. The summed E-state index contributed by atoms with van der Waals surface area (Å²) >= 11 is 0. The lowest BCUT2D eigenvalue weighted by molar-refractivity contribution is -0.0894. The maximum Gasteiger partial charge on any atom is 0.272 e. The van der Waals surface area contributed by atoms with Crippen LogP contribution >= 0.6 is 0 Å².